The SMILES string of the molecule is CC(C)NC(=O)c1nnc(CCCCN(N)/C=C(\N)C(=O)NCc2cccc(OC(F)(F)F)c2)s1. The second-order valence-electron chi connectivity index (χ2n) is 7.79. The molecule has 0 saturated carbocycles. The lowest BCUT2D eigenvalue weighted by Gasteiger charge is -2.15. The van der Waals surface area contributed by atoms with Gasteiger partial charge in [-0.15, -0.1) is 23.4 Å². The Labute approximate surface area is 204 Å². The Bertz CT molecular complexity index is 1030. The fourth-order valence-electron chi connectivity index (χ4n) is 2.78. The Morgan fingerprint density at radius 2 is 2.00 bits per heavy atom. The average Bonchev–Trinajstić information content (AvgIpc) is 3.23. The number of alkyl halides is 3. The van der Waals surface area contributed by atoms with Gasteiger partial charge >= 0.3 is 6.36 Å². The average molecular weight is 516 g/mol. The second kappa shape index (κ2) is 12.9. The summed E-state index contributed by atoms with van der Waals surface area (Å²) in [5, 5.41) is 15.5. The molecule has 1 aromatic heterocycles. The molecule has 6 N–H and O–H groups in total. The van der Waals surface area contributed by atoms with Crippen LogP contribution in [0.3, 0.4) is 0 Å². The van der Waals surface area contributed by atoms with Crippen molar-refractivity contribution in [3.63, 3.8) is 0 Å². The van der Waals surface area contributed by atoms with Crippen molar-refractivity contribution in [1.82, 2.24) is 25.8 Å². The van der Waals surface area contributed by atoms with Gasteiger partial charge < -0.3 is 26.1 Å². The van der Waals surface area contributed by atoms with Crippen LogP contribution >= 0.6 is 11.3 Å². The zero-order valence-electron chi connectivity index (χ0n) is 19.3. The van der Waals surface area contributed by atoms with Crippen LogP contribution in [0, 0.1) is 0 Å². The van der Waals surface area contributed by atoms with Crippen LogP contribution in [0.1, 0.15) is 47.1 Å². The quantitative estimate of drug-likeness (QED) is 0.146. The Hall–Kier alpha value is -3.39. The highest BCUT2D eigenvalue weighted by atomic mass is 32.1. The van der Waals surface area contributed by atoms with E-state index in [2.05, 4.69) is 25.6 Å². The minimum atomic E-state index is -4.80. The molecule has 1 heterocycles. The zero-order valence-corrected chi connectivity index (χ0v) is 20.1. The molecule has 0 unspecified atom stereocenters. The van der Waals surface area contributed by atoms with Gasteiger partial charge in [-0.2, -0.15) is 0 Å². The lowest BCUT2D eigenvalue weighted by molar-refractivity contribution is -0.274. The van der Waals surface area contributed by atoms with Crippen LogP contribution in [0.2, 0.25) is 0 Å². The van der Waals surface area contributed by atoms with Crippen LogP contribution in [0.4, 0.5) is 13.2 Å². The number of nitrogens with two attached hydrogens (primary N) is 2. The molecular weight excluding hydrogens is 487 g/mol. The number of carbonyl (C=O) groups is 2. The van der Waals surface area contributed by atoms with Crippen molar-refractivity contribution in [3.8, 4) is 5.75 Å². The number of hydrazine groups is 1. The van der Waals surface area contributed by atoms with Gasteiger partial charge in [0.05, 0.1) is 0 Å². The normalized spacial score (nSPS) is 11.9. The van der Waals surface area contributed by atoms with Crippen LogP contribution in [-0.2, 0) is 17.8 Å². The van der Waals surface area contributed by atoms with E-state index < -0.39 is 12.3 Å². The second-order valence-corrected chi connectivity index (χ2v) is 8.85. The fraction of sp³-hybridized carbons (Fsp3) is 0.429. The van der Waals surface area contributed by atoms with E-state index in [4.69, 9.17) is 11.6 Å². The molecule has 0 aliphatic heterocycles. The fourth-order valence-corrected chi connectivity index (χ4v) is 3.56. The Balaban J connectivity index is 1.73. The topological polar surface area (TPSA) is 148 Å². The largest absolute Gasteiger partial charge is 0.573 e. The van der Waals surface area contributed by atoms with Crippen LogP contribution in [-0.4, -0.2) is 46.0 Å². The third-order valence-corrected chi connectivity index (χ3v) is 5.27. The van der Waals surface area contributed by atoms with E-state index >= 15 is 0 Å². The van der Waals surface area contributed by atoms with Crippen molar-refractivity contribution in [2.45, 2.75) is 52.1 Å². The van der Waals surface area contributed by atoms with Crippen molar-refractivity contribution in [2.24, 2.45) is 11.6 Å². The number of unbranched alkanes of at least 4 members (excludes halogenated alkanes) is 1. The van der Waals surface area contributed by atoms with Gasteiger partial charge in [-0.25, -0.2) is 5.84 Å². The molecular formula is C21H28F3N7O3S. The number of halogens is 3. The minimum absolute atomic E-state index is 0.0111. The summed E-state index contributed by atoms with van der Waals surface area (Å²) in [4.78, 5) is 24.1. The first-order valence-electron chi connectivity index (χ1n) is 10.7. The summed E-state index contributed by atoms with van der Waals surface area (Å²) in [6.45, 7) is 4.08. The molecule has 2 aromatic rings. The third kappa shape index (κ3) is 10.6. The van der Waals surface area contributed by atoms with Crippen LogP contribution in [0.5, 0.6) is 5.75 Å². The zero-order chi connectivity index (χ0) is 26.0. The first-order chi connectivity index (χ1) is 16.4. The van der Waals surface area contributed by atoms with Gasteiger partial charge in [-0.05, 0) is 44.4 Å². The molecule has 10 nitrogen and oxygen atoms in total. The van der Waals surface area contributed by atoms with E-state index in [1.807, 2.05) is 13.8 Å². The molecule has 0 aliphatic carbocycles. The number of hydrogen-bond donors (Lipinski definition) is 4. The van der Waals surface area contributed by atoms with E-state index in [1.165, 1.54) is 40.7 Å². The summed E-state index contributed by atoms with van der Waals surface area (Å²) in [5.41, 5.74) is 6.00. The summed E-state index contributed by atoms with van der Waals surface area (Å²) >= 11 is 1.24. The van der Waals surface area contributed by atoms with Crippen LogP contribution in [0.15, 0.2) is 36.2 Å². The van der Waals surface area contributed by atoms with E-state index in [0.717, 1.165) is 17.5 Å². The first-order valence-corrected chi connectivity index (χ1v) is 11.5. The summed E-state index contributed by atoms with van der Waals surface area (Å²) < 4.78 is 40.8. The number of carbonyl (C=O) groups excluding carboxylic acids is 2. The third-order valence-electron chi connectivity index (χ3n) is 4.29. The first kappa shape index (κ1) is 27.9. The molecule has 14 heteroatoms. The molecule has 0 fully saturated rings. The standard InChI is InChI=1S/C21H28F3N7O3S/c1-13(2)28-19(33)20-30-29-17(35-20)8-3-4-9-31(26)12-16(25)18(32)27-11-14-6-5-7-15(10-14)34-21(22,23)24/h5-7,10,12-13H,3-4,8-9,11,25-26H2,1-2H3,(H,27,32)(H,28,33)/b16-12-. The highest BCUT2D eigenvalue weighted by Gasteiger charge is 2.31. The van der Waals surface area contributed by atoms with Crippen LogP contribution < -0.4 is 26.9 Å². The van der Waals surface area contributed by atoms with E-state index in [9.17, 15) is 22.8 Å². The smallest absolute Gasteiger partial charge is 0.406 e. The number of ether oxygens (including phenoxy) is 1. The number of aromatic nitrogens is 2. The van der Waals surface area contributed by atoms with Crippen molar-refractivity contribution >= 4 is 23.2 Å². The maximum absolute atomic E-state index is 12.3. The van der Waals surface area contributed by atoms with Crippen LogP contribution in [0.25, 0.3) is 0 Å². The molecule has 2 rings (SSSR count). The molecule has 35 heavy (non-hydrogen) atoms. The number of benzene rings is 1. The number of rotatable bonds is 12. The monoisotopic (exact) mass is 515 g/mol. The van der Waals surface area contributed by atoms with Gasteiger partial charge in [0.15, 0.2) is 0 Å². The predicted octanol–water partition coefficient (Wildman–Crippen LogP) is 2.19. The summed E-state index contributed by atoms with van der Waals surface area (Å²) in [5.74, 6) is 4.61. The van der Waals surface area contributed by atoms with Crippen molar-refractivity contribution in [3.05, 3.63) is 51.7 Å². The maximum atomic E-state index is 12.3. The number of hydrogen-bond acceptors (Lipinski definition) is 9. The van der Waals surface area contributed by atoms with Gasteiger partial charge in [0.1, 0.15) is 16.5 Å². The Morgan fingerprint density at radius 3 is 2.69 bits per heavy atom. The van der Waals surface area contributed by atoms with Crippen molar-refractivity contribution in [2.75, 3.05) is 6.54 Å². The molecule has 192 valence electrons. The molecule has 0 aliphatic rings. The maximum Gasteiger partial charge on any atom is 0.573 e. The molecule has 0 saturated heterocycles. The Morgan fingerprint density at radius 1 is 1.26 bits per heavy atom. The summed E-state index contributed by atoms with van der Waals surface area (Å²) in [6, 6.07) is 5.26. The van der Waals surface area contributed by atoms with Gasteiger partial charge in [-0.3, -0.25) is 9.59 Å². The number of aryl methyl sites for hydroxylation is 1. The predicted molar refractivity (Wildman–Crippen MR) is 124 cm³/mol. The number of nitrogens with zero attached hydrogens (tertiary/aromatic N) is 3. The van der Waals surface area contributed by atoms with Gasteiger partial charge in [0.25, 0.3) is 11.8 Å². The van der Waals surface area contributed by atoms with Gasteiger partial charge in [0.2, 0.25) is 5.01 Å². The Kier molecular flexibility index (Phi) is 10.3. The molecule has 0 bridgehead atoms. The molecule has 0 atom stereocenters. The van der Waals surface area contributed by atoms with Gasteiger partial charge in [-0.1, -0.05) is 23.5 Å². The highest BCUT2D eigenvalue weighted by molar-refractivity contribution is 7.13. The minimum Gasteiger partial charge on any atom is -0.406 e. The van der Waals surface area contributed by atoms with E-state index in [-0.39, 0.29) is 29.9 Å². The van der Waals surface area contributed by atoms with Crippen molar-refractivity contribution < 1.29 is 27.5 Å². The molecule has 0 spiro atoms. The lowest BCUT2D eigenvalue weighted by atomic mass is 10.2. The highest BCUT2D eigenvalue weighted by Crippen LogP contribution is 2.23. The molecule has 2 amide bonds. The number of nitrogens with one attached hydrogen (secondary N) is 2. The molecule has 0 radical (unpaired) electrons. The van der Waals surface area contributed by atoms with Crippen molar-refractivity contribution in [1.29, 1.82) is 0 Å². The van der Waals surface area contributed by atoms with E-state index in [1.54, 1.807) is 0 Å². The molecule has 1 aromatic carbocycles. The number of amides is 2. The van der Waals surface area contributed by atoms with E-state index in [0.29, 0.717) is 30.0 Å². The lowest BCUT2D eigenvalue weighted by Crippen LogP contribution is -2.33. The summed E-state index contributed by atoms with van der Waals surface area (Å²) in [7, 11) is 0. The summed E-state index contributed by atoms with van der Waals surface area (Å²) in [6.07, 6.45) is -1.51. The van der Waals surface area contributed by atoms with Gasteiger partial charge in [0, 0.05) is 31.8 Å².